The number of Topliss-reactive ketones (excluding diaryl/α,β-unsaturated/α-hetero) is 1. The zero-order valence-corrected chi connectivity index (χ0v) is 21.9. The Labute approximate surface area is 217 Å². The van der Waals surface area contributed by atoms with E-state index in [1.807, 2.05) is 12.1 Å². The average molecular weight is 512 g/mol. The van der Waals surface area contributed by atoms with Crippen molar-refractivity contribution in [2.45, 2.75) is 51.6 Å². The Kier molecular flexibility index (Phi) is 8.58. The van der Waals surface area contributed by atoms with Crippen molar-refractivity contribution in [2.75, 3.05) is 19.7 Å². The van der Waals surface area contributed by atoms with E-state index < -0.39 is 23.0 Å². The number of hydrogen-bond acceptors (Lipinski definition) is 7. The molecular weight excluding hydrogens is 478 g/mol. The van der Waals surface area contributed by atoms with Gasteiger partial charge in [0, 0.05) is 61.3 Å². The van der Waals surface area contributed by atoms with Crippen molar-refractivity contribution in [2.24, 2.45) is 5.92 Å². The minimum atomic E-state index is -0.889. The Morgan fingerprint density at radius 3 is 2.53 bits per heavy atom. The minimum absolute atomic E-state index is 0.00681. The van der Waals surface area contributed by atoms with E-state index in [1.165, 1.54) is 6.92 Å². The smallest absolute Gasteiger partial charge is 0.410 e. The Morgan fingerprint density at radius 2 is 1.92 bits per heavy atom. The fourth-order valence-corrected chi connectivity index (χ4v) is 4.87. The predicted octanol–water partition coefficient (Wildman–Crippen LogP) is 3.46. The molecule has 1 aliphatic rings. The number of benzene rings is 1. The van der Waals surface area contributed by atoms with Crippen LogP contribution in [0.1, 0.15) is 55.7 Å². The second-order valence-corrected chi connectivity index (χ2v) is 10.7. The number of rotatable bonds is 7. The number of aromatic nitrogens is 1. The van der Waals surface area contributed by atoms with Crippen LogP contribution in [0.3, 0.4) is 0 Å². The van der Waals surface area contributed by atoms with Crippen LogP contribution in [0.15, 0.2) is 48.7 Å². The van der Waals surface area contributed by atoms with Gasteiger partial charge in [-0.05, 0) is 57.5 Å². The molecule has 0 bridgehead atoms. The van der Waals surface area contributed by atoms with Crippen molar-refractivity contribution in [1.29, 1.82) is 0 Å². The van der Waals surface area contributed by atoms with Crippen molar-refractivity contribution in [3.05, 3.63) is 65.5 Å². The highest BCUT2D eigenvalue weighted by atomic mass is 32.1. The maximum atomic E-state index is 13.0. The second-order valence-electron chi connectivity index (χ2n) is 10.2. The number of hydrogen-bond donors (Lipinski definition) is 2. The third-order valence-electron chi connectivity index (χ3n) is 6.12. The molecule has 8 nitrogen and oxygen atoms in total. The number of carbonyl (C=O) groups is 3. The lowest BCUT2D eigenvalue weighted by atomic mass is 9.72. The van der Waals surface area contributed by atoms with Crippen molar-refractivity contribution in [3.63, 3.8) is 0 Å². The number of ketones is 1. The summed E-state index contributed by atoms with van der Waals surface area (Å²) in [6.45, 7) is 7.08. The molecule has 36 heavy (non-hydrogen) atoms. The molecule has 9 heteroatoms. The van der Waals surface area contributed by atoms with Crippen molar-refractivity contribution in [3.8, 4) is 0 Å². The molecule has 1 aromatic carbocycles. The highest BCUT2D eigenvalue weighted by molar-refractivity contribution is 7.80. The quantitative estimate of drug-likeness (QED) is 0.548. The summed E-state index contributed by atoms with van der Waals surface area (Å²) < 4.78 is 5.59. The zero-order valence-electron chi connectivity index (χ0n) is 21.1. The molecule has 1 saturated heterocycles. The van der Waals surface area contributed by atoms with E-state index in [4.69, 9.17) is 17.0 Å². The lowest BCUT2D eigenvalue weighted by Crippen LogP contribution is -2.44. The first-order chi connectivity index (χ1) is 16.9. The highest BCUT2D eigenvalue weighted by Crippen LogP contribution is 2.42. The van der Waals surface area contributed by atoms with Crippen molar-refractivity contribution >= 4 is 35.0 Å². The van der Waals surface area contributed by atoms with Crippen LogP contribution in [0.25, 0.3) is 0 Å². The molecule has 1 aliphatic heterocycles. The molecule has 1 fully saturated rings. The summed E-state index contributed by atoms with van der Waals surface area (Å²) in [6, 6.07) is 12.3. The third kappa shape index (κ3) is 6.73. The van der Waals surface area contributed by atoms with Crippen LogP contribution in [-0.2, 0) is 21.4 Å². The molecule has 2 atom stereocenters. The monoisotopic (exact) mass is 511 g/mol. The highest BCUT2D eigenvalue weighted by Gasteiger charge is 2.51. The van der Waals surface area contributed by atoms with E-state index in [0.717, 1.165) is 5.56 Å². The fourth-order valence-electron chi connectivity index (χ4n) is 4.52. The number of pyridine rings is 1. The number of ether oxygens (including phenoxy) is 1. The van der Waals surface area contributed by atoms with Gasteiger partial charge in [-0.1, -0.05) is 30.4 Å². The summed E-state index contributed by atoms with van der Waals surface area (Å²) in [7, 11) is 0. The summed E-state index contributed by atoms with van der Waals surface area (Å²) in [6.07, 6.45) is 1.52. The molecule has 2 unspecified atom stereocenters. The summed E-state index contributed by atoms with van der Waals surface area (Å²) in [5.41, 5.74) is 0.270. The third-order valence-corrected chi connectivity index (χ3v) is 6.37. The number of likely N-dealkylation sites (tertiary alicyclic amines) is 1. The molecule has 0 saturated carbocycles. The molecule has 3 rings (SSSR count). The molecule has 0 spiro atoms. The van der Waals surface area contributed by atoms with E-state index >= 15 is 0 Å². The normalized spacial score (nSPS) is 19.6. The average Bonchev–Trinajstić information content (AvgIpc) is 3.18. The van der Waals surface area contributed by atoms with Crippen molar-refractivity contribution in [1.82, 2.24) is 15.2 Å². The van der Waals surface area contributed by atoms with Gasteiger partial charge in [-0.15, -0.1) is 0 Å². The van der Waals surface area contributed by atoms with Crippen LogP contribution in [-0.4, -0.2) is 63.1 Å². The van der Waals surface area contributed by atoms with Gasteiger partial charge in [0.2, 0.25) is 0 Å². The molecule has 0 radical (unpaired) electrons. The molecule has 2 N–H and O–H groups in total. The van der Waals surface area contributed by atoms with Crippen LogP contribution in [0.2, 0.25) is 0 Å². The van der Waals surface area contributed by atoms with E-state index in [2.05, 4.69) is 10.3 Å². The van der Waals surface area contributed by atoms with E-state index in [1.54, 1.807) is 62.2 Å². The molecule has 2 aromatic rings. The number of carbonyl (C=O) groups excluding carboxylic acids is 3. The van der Waals surface area contributed by atoms with Crippen LogP contribution < -0.4 is 5.32 Å². The van der Waals surface area contributed by atoms with Crippen LogP contribution in [0, 0.1) is 5.92 Å². The molecule has 2 heterocycles. The van der Waals surface area contributed by atoms with E-state index in [0.29, 0.717) is 11.3 Å². The lowest BCUT2D eigenvalue weighted by molar-refractivity contribution is -0.116. The lowest BCUT2D eigenvalue weighted by Gasteiger charge is -2.34. The molecule has 1 aromatic heterocycles. The summed E-state index contributed by atoms with van der Waals surface area (Å²) in [4.78, 5) is 43.9. The molecule has 192 valence electrons. The fraction of sp³-hybridized carbons (Fsp3) is 0.444. The predicted molar refractivity (Wildman–Crippen MR) is 140 cm³/mol. The second kappa shape index (κ2) is 11.3. The number of aliphatic hydroxyl groups excluding tert-OH is 1. The van der Waals surface area contributed by atoms with Gasteiger partial charge in [0.05, 0.1) is 4.99 Å². The Morgan fingerprint density at radius 1 is 1.22 bits per heavy atom. The standard InChI is InChI=1S/C27H33N3O5S/c1-18(32)12-19-10-11-28-22(13-19)27(14-23(36)29-24(33)20-8-6-5-7-9-20)17-30(15-21(27)16-31)25(34)35-26(2,3)4/h5-11,13,21,31H,12,14-17H2,1-4H3,(H,29,33,36). The number of amides is 2. The first-order valence-electron chi connectivity index (χ1n) is 11.9. The number of nitrogens with zero attached hydrogens (tertiary/aromatic N) is 2. The number of thiocarbonyl (C=S) groups is 1. The van der Waals surface area contributed by atoms with E-state index in [9.17, 15) is 19.5 Å². The van der Waals surface area contributed by atoms with Crippen LogP contribution >= 0.6 is 12.2 Å². The molecule has 2 amide bonds. The van der Waals surface area contributed by atoms with E-state index in [-0.39, 0.29) is 49.2 Å². The van der Waals surface area contributed by atoms with Gasteiger partial charge in [-0.3, -0.25) is 14.6 Å². The Hall–Kier alpha value is -3.17. The molecule has 0 aliphatic carbocycles. The van der Waals surface area contributed by atoms with Gasteiger partial charge < -0.3 is 20.1 Å². The largest absolute Gasteiger partial charge is 0.444 e. The first kappa shape index (κ1) is 27.4. The SMILES string of the molecule is CC(=O)Cc1ccnc(C2(CC(=S)NC(=O)c3ccccc3)CN(C(=O)OC(C)(C)C)CC2CO)c1. The Balaban J connectivity index is 1.96. The summed E-state index contributed by atoms with van der Waals surface area (Å²) in [5, 5.41) is 13.2. The minimum Gasteiger partial charge on any atom is -0.444 e. The maximum absolute atomic E-state index is 13.0. The summed E-state index contributed by atoms with van der Waals surface area (Å²) >= 11 is 5.60. The number of aliphatic hydroxyl groups is 1. The van der Waals surface area contributed by atoms with Gasteiger partial charge in [0.1, 0.15) is 11.4 Å². The maximum Gasteiger partial charge on any atom is 0.410 e. The van der Waals surface area contributed by atoms with Gasteiger partial charge in [0.25, 0.3) is 5.91 Å². The number of nitrogens with one attached hydrogen (secondary N) is 1. The van der Waals surface area contributed by atoms with Gasteiger partial charge in [-0.25, -0.2) is 4.79 Å². The topological polar surface area (TPSA) is 109 Å². The first-order valence-corrected chi connectivity index (χ1v) is 12.3. The van der Waals surface area contributed by atoms with Gasteiger partial charge >= 0.3 is 6.09 Å². The van der Waals surface area contributed by atoms with Gasteiger partial charge in [0.15, 0.2) is 0 Å². The Bertz CT molecular complexity index is 1130. The van der Waals surface area contributed by atoms with Crippen molar-refractivity contribution < 1.29 is 24.2 Å². The van der Waals surface area contributed by atoms with Crippen LogP contribution in [0.4, 0.5) is 4.79 Å². The van der Waals surface area contributed by atoms with Crippen LogP contribution in [0.5, 0.6) is 0 Å². The zero-order chi connectivity index (χ0) is 26.5. The molecular formula is C27H33N3O5S. The van der Waals surface area contributed by atoms with Gasteiger partial charge in [-0.2, -0.15) is 0 Å². The summed E-state index contributed by atoms with van der Waals surface area (Å²) in [5.74, 6) is -0.749.